The van der Waals surface area contributed by atoms with Gasteiger partial charge in [0.25, 0.3) is 0 Å². The van der Waals surface area contributed by atoms with E-state index in [1.807, 2.05) is 18.7 Å². The van der Waals surface area contributed by atoms with Crippen LogP contribution in [0.5, 0.6) is 0 Å². The number of aromatic nitrogens is 2. The normalized spacial score (nSPS) is 10.9. The van der Waals surface area contributed by atoms with Gasteiger partial charge in [-0.15, -0.1) is 0 Å². The number of carbonyl (C=O) groups excluding carboxylic acids is 1. The minimum Gasteiger partial charge on any atom is -0.465 e. The minimum atomic E-state index is -0.204. The number of nitrogens with zero attached hydrogens (tertiary/aromatic N) is 3. The first-order valence-electron chi connectivity index (χ1n) is 5.78. The van der Waals surface area contributed by atoms with E-state index in [2.05, 4.69) is 9.97 Å². The summed E-state index contributed by atoms with van der Waals surface area (Å²) in [4.78, 5) is 21.7. The Morgan fingerprint density at radius 1 is 1.47 bits per heavy atom. The summed E-state index contributed by atoms with van der Waals surface area (Å²) in [5.41, 5.74) is 0.852. The van der Waals surface area contributed by atoms with Crippen LogP contribution in [0.15, 0.2) is 18.6 Å². The summed E-state index contributed by atoms with van der Waals surface area (Å²) < 4.78 is 4.94. The lowest BCUT2D eigenvalue weighted by Crippen LogP contribution is -2.36. The highest BCUT2D eigenvalue weighted by atomic mass is 16.5. The monoisotopic (exact) mass is 237 g/mol. The maximum Gasteiger partial charge on any atom is 0.320 e. The van der Waals surface area contributed by atoms with Gasteiger partial charge in [0.15, 0.2) is 0 Å². The summed E-state index contributed by atoms with van der Waals surface area (Å²) in [7, 11) is 0. The lowest BCUT2D eigenvalue weighted by atomic mass is 10.3. The molecule has 0 saturated carbocycles. The van der Waals surface area contributed by atoms with Gasteiger partial charge in [0.2, 0.25) is 0 Å². The number of esters is 1. The van der Waals surface area contributed by atoms with E-state index in [-0.39, 0.29) is 18.6 Å². The molecule has 0 aliphatic rings. The fraction of sp³-hybridized carbons (Fsp3) is 0.583. The van der Waals surface area contributed by atoms with Crippen molar-refractivity contribution in [2.75, 3.05) is 13.2 Å². The van der Waals surface area contributed by atoms with Crippen molar-refractivity contribution in [2.24, 2.45) is 0 Å². The van der Waals surface area contributed by atoms with E-state index in [4.69, 9.17) is 4.74 Å². The molecule has 1 aromatic rings. The smallest absolute Gasteiger partial charge is 0.320 e. The van der Waals surface area contributed by atoms with Gasteiger partial charge >= 0.3 is 5.97 Å². The van der Waals surface area contributed by atoms with Crippen molar-refractivity contribution in [3.63, 3.8) is 0 Å². The molecular formula is C12H19N3O2. The summed E-state index contributed by atoms with van der Waals surface area (Å²) in [6.45, 7) is 7.17. The van der Waals surface area contributed by atoms with Crippen LogP contribution in [0.25, 0.3) is 0 Å². The summed E-state index contributed by atoms with van der Waals surface area (Å²) in [6, 6.07) is 0.251. The van der Waals surface area contributed by atoms with Crippen molar-refractivity contribution >= 4 is 5.97 Å². The Balaban J connectivity index is 2.58. The molecule has 1 heterocycles. The van der Waals surface area contributed by atoms with Crippen LogP contribution in [0.3, 0.4) is 0 Å². The number of carbonyl (C=O) groups is 1. The second-order valence-corrected chi connectivity index (χ2v) is 4.00. The zero-order chi connectivity index (χ0) is 12.7. The molecule has 0 saturated heterocycles. The molecule has 17 heavy (non-hydrogen) atoms. The van der Waals surface area contributed by atoms with Gasteiger partial charge in [-0.2, -0.15) is 0 Å². The van der Waals surface area contributed by atoms with Crippen molar-refractivity contribution in [1.29, 1.82) is 0 Å². The van der Waals surface area contributed by atoms with Gasteiger partial charge in [-0.1, -0.05) is 0 Å². The Bertz CT molecular complexity index is 341. The van der Waals surface area contributed by atoms with E-state index < -0.39 is 0 Å². The van der Waals surface area contributed by atoms with Gasteiger partial charge < -0.3 is 4.74 Å². The van der Waals surface area contributed by atoms with Crippen LogP contribution in [0.4, 0.5) is 0 Å². The third kappa shape index (κ3) is 4.91. The highest BCUT2D eigenvalue weighted by molar-refractivity contribution is 5.71. The maximum atomic E-state index is 11.4. The number of rotatable bonds is 6. The molecule has 0 aliphatic heterocycles. The van der Waals surface area contributed by atoms with Gasteiger partial charge in [-0.3, -0.25) is 19.7 Å². The molecule has 1 aromatic heterocycles. The molecular weight excluding hydrogens is 218 g/mol. The van der Waals surface area contributed by atoms with Crippen LogP contribution in [0.1, 0.15) is 26.5 Å². The quantitative estimate of drug-likeness (QED) is 0.697. The zero-order valence-corrected chi connectivity index (χ0v) is 10.6. The van der Waals surface area contributed by atoms with E-state index in [0.29, 0.717) is 13.2 Å². The first kappa shape index (κ1) is 13.6. The molecule has 0 bridgehead atoms. The van der Waals surface area contributed by atoms with E-state index >= 15 is 0 Å². The van der Waals surface area contributed by atoms with Crippen LogP contribution >= 0.6 is 0 Å². The Labute approximate surface area is 102 Å². The Hall–Kier alpha value is -1.49. The van der Waals surface area contributed by atoms with E-state index in [1.54, 1.807) is 25.5 Å². The topological polar surface area (TPSA) is 55.3 Å². The molecule has 0 aromatic carbocycles. The SMILES string of the molecule is CCOC(=O)CN(Cc1cnccn1)C(C)C. The zero-order valence-electron chi connectivity index (χ0n) is 10.6. The first-order valence-corrected chi connectivity index (χ1v) is 5.78. The van der Waals surface area contributed by atoms with Gasteiger partial charge in [0.05, 0.1) is 18.8 Å². The molecule has 0 fully saturated rings. The predicted octanol–water partition coefficient (Wildman–Crippen LogP) is 1.25. The van der Waals surface area contributed by atoms with Gasteiger partial charge in [0.1, 0.15) is 0 Å². The molecule has 0 spiro atoms. The van der Waals surface area contributed by atoms with Crippen molar-refractivity contribution in [3.05, 3.63) is 24.3 Å². The highest BCUT2D eigenvalue weighted by Gasteiger charge is 2.15. The molecule has 5 heteroatoms. The Morgan fingerprint density at radius 2 is 2.24 bits per heavy atom. The van der Waals surface area contributed by atoms with Gasteiger partial charge in [0, 0.05) is 31.2 Å². The van der Waals surface area contributed by atoms with Crippen LogP contribution in [-0.2, 0) is 16.1 Å². The second-order valence-electron chi connectivity index (χ2n) is 4.00. The number of ether oxygens (including phenoxy) is 1. The molecule has 0 atom stereocenters. The lowest BCUT2D eigenvalue weighted by Gasteiger charge is -2.24. The third-order valence-corrected chi connectivity index (χ3v) is 2.35. The predicted molar refractivity (Wildman–Crippen MR) is 64.2 cm³/mol. The Kier molecular flexibility index (Phi) is 5.56. The van der Waals surface area contributed by atoms with Crippen LogP contribution in [-0.4, -0.2) is 40.0 Å². The van der Waals surface area contributed by atoms with Gasteiger partial charge in [-0.25, -0.2) is 0 Å². The van der Waals surface area contributed by atoms with Crippen molar-refractivity contribution in [1.82, 2.24) is 14.9 Å². The number of hydrogen-bond donors (Lipinski definition) is 0. The van der Waals surface area contributed by atoms with Crippen LogP contribution in [0.2, 0.25) is 0 Å². The molecule has 94 valence electrons. The van der Waals surface area contributed by atoms with Crippen LogP contribution in [0, 0.1) is 0 Å². The summed E-state index contributed by atoms with van der Waals surface area (Å²) in [5, 5.41) is 0. The highest BCUT2D eigenvalue weighted by Crippen LogP contribution is 2.05. The molecule has 0 unspecified atom stereocenters. The fourth-order valence-electron chi connectivity index (χ4n) is 1.41. The van der Waals surface area contributed by atoms with E-state index in [9.17, 15) is 4.79 Å². The summed E-state index contributed by atoms with van der Waals surface area (Å²) in [6.07, 6.45) is 4.99. The van der Waals surface area contributed by atoms with E-state index in [0.717, 1.165) is 5.69 Å². The summed E-state index contributed by atoms with van der Waals surface area (Å²) in [5.74, 6) is -0.204. The number of hydrogen-bond acceptors (Lipinski definition) is 5. The molecule has 0 amide bonds. The lowest BCUT2D eigenvalue weighted by molar-refractivity contribution is -0.145. The molecule has 5 nitrogen and oxygen atoms in total. The molecule has 1 rings (SSSR count). The van der Waals surface area contributed by atoms with Crippen molar-refractivity contribution < 1.29 is 9.53 Å². The fourth-order valence-corrected chi connectivity index (χ4v) is 1.41. The van der Waals surface area contributed by atoms with E-state index in [1.165, 1.54) is 0 Å². The van der Waals surface area contributed by atoms with Crippen molar-refractivity contribution in [2.45, 2.75) is 33.4 Å². The van der Waals surface area contributed by atoms with Crippen molar-refractivity contribution in [3.8, 4) is 0 Å². The first-order chi connectivity index (χ1) is 8.13. The average molecular weight is 237 g/mol. The largest absolute Gasteiger partial charge is 0.465 e. The molecule has 0 radical (unpaired) electrons. The Morgan fingerprint density at radius 3 is 2.76 bits per heavy atom. The summed E-state index contributed by atoms with van der Waals surface area (Å²) >= 11 is 0. The van der Waals surface area contributed by atoms with Gasteiger partial charge in [-0.05, 0) is 20.8 Å². The standard InChI is InChI=1S/C12H19N3O2/c1-4-17-12(16)9-15(10(2)3)8-11-7-13-5-6-14-11/h5-7,10H,4,8-9H2,1-3H3. The minimum absolute atomic E-state index is 0.204. The molecule has 0 aliphatic carbocycles. The average Bonchev–Trinajstić information content (AvgIpc) is 2.29. The second kappa shape index (κ2) is 6.96. The molecule has 0 N–H and O–H groups in total. The maximum absolute atomic E-state index is 11.4. The van der Waals surface area contributed by atoms with Crippen LogP contribution < -0.4 is 0 Å². The third-order valence-electron chi connectivity index (χ3n) is 2.35.